The van der Waals surface area contributed by atoms with Crippen LogP contribution in [0.1, 0.15) is 0 Å². The molecule has 0 fully saturated rings. The first-order chi connectivity index (χ1) is 29.8. The van der Waals surface area contributed by atoms with Gasteiger partial charge in [0.05, 0.1) is 38.8 Å². The second kappa shape index (κ2) is 13.7. The Kier molecular flexibility index (Phi) is 7.83. The van der Waals surface area contributed by atoms with Gasteiger partial charge in [-0.2, -0.15) is 0 Å². The molecule has 0 saturated carbocycles. The lowest BCUT2D eigenvalue weighted by molar-refractivity contribution is 1.11. The molecule has 0 aliphatic carbocycles. The van der Waals surface area contributed by atoms with E-state index in [0.717, 1.165) is 50.3 Å². The number of hydrogen-bond acceptors (Lipinski definition) is 1. The first-order valence-corrected chi connectivity index (χ1v) is 22.6. The summed E-state index contributed by atoms with van der Waals surface area (Å²) >= 11 is 0. The van der Waals surface area contributed by atoms with E-state index in [0.29, 0.717) is 0 Å². The van der Waals surface area contributed by atoms with Crippen molar-refractivity contribution in [3.8, 4) is 22.5 Å². The SMILES string of the molecule is c1ccc(-c2ccc([Si](c3ccccc3)(c3ccccc3)c3ccccc3)cc2-n2c3ccc(-n4c5ccccc5c5ccccc54)cc3n3c4ccccc4nc23)cc1. The number of para-hydroxylation sites is 4. The third kappa shape index (κ3) is 5.06. The highest BCUT2D eigenvalue weighted by molar-refractivity contribution is 7.19. The lowest BCUT2D eigenvalue weighted by Crippen LogP contribution is -2.74. The van der Waals surface area contributed by atoms with Crippen molar-refractivity contribution in [1.29, 1.82) is 0 Å². The van der Waals surface area contributed by atoms with Crippen LogP contribution in [0.15, 0.2) is 231 Å². The Morgan fingerprint density at radius 1 is 0.350 bits per heavy atom. The zero-order valence-corrected chi connectivity index (χ0v) is 33.7. The van der Waals surface area contributed by atoms with E-state index in [1.54, 1.807) is 0 Å². The molecule has 0 N–H and O–H groups in total. The molecule has 0 spiro atoms. The molecule has 0 atom stereocenters. The van der Waals surface area contributed by atoms with Gasteiger partial charge in [-0.05, 0) is 74.8 Å². The smallest absolute Gasteiger partial charge is 0.220 e. The molecule has 0 amide bonds. The third-order valence-corrected chi connectivity index (χ3v) is 17.2. The number of fused-ring (bicyclic) bond motifs is 8. The van der Waals surface area contributed by atoms with Gasteiger partial charge in [0.25, 0.3) is 0 Å². The van der Waals surface area contributed by atoms with Crippen LogP contribution in [0.5, 0.6) is 0 Å². The Labute approximate surface area is 348 Å². The maximum absolute atomic E-state index is 5.45. The monoisotopic (exact) mass is 782 g/mol. The molecule has 3 heterocycles. The Morgan fingerprint density at radius 3 is 1.47 bits per heavy atom. The van der Waals surface area contributed by atoms with Gasteiger partial charge in [-0.15, -0.1) is 0 Å². The van der Waals surface area contributed by atoms with Crippen LogP contribution in [0.25, 0.3) is 72.2 Å². The molecule has 0 bridgehead atoms. The van der Waals surface area contributed by atoms with E-state index in [1.165, 1.54) is 42.6 Å². The Hall–Kier alpha value is -7.73. The second-order valence-corrected chi connectivity index (χ2v) is 19.4. The number of aromatic nitrogens is 4. The zero-order valence-electron chi connectivity index (χ0n) is 32.7. The highest BCUT2D eigenvalue weighted by Crippen LogP contribution is 2.37. The van der Waals surface area contributed by atoms with Crippen molar-refractivity contribution in [2.45, 2.75) is 0 Å². The molecule has 60 heavy (non-hydrogen) atoms. The van der Waals surface area contributed by atoms with Gasteiger partial charge in [-0.3, -0.25) is 8.97 Å². The van der Waals surface area contributed by atoms with Crippen LogP contribution in [0.3, 0.4) is 0 Å². The summed E-state index contributed by atoms with van der Waals surface area (Å²) in [6.45, 7) is 0. The van der Waals surface area contributed by atoms with Gasteiger partial charge < -0.3 is 4.57 Å². The van der Waals surface area contributed by atoms with Crippen molar-refractivity contribution in [2.24, 2.45) is 0 Å². The van der Waals surface area contributed by atoms with Crippen LogP contribution in [-0.4, -0.2) is 26.6 Å². The van der Waals surface area contributed by atoms with Gasteiger partial charge in [0, 0.05) is 22.0 Å². The van der Waals surface area contributed by atoms with Crippen molar-refractivity contribution in [1.82, 2.24) is 18.5 Å². The summed E-state index contributed by atoms with van der Waals surface area (Å²) in [6.07, 6.45) is 0. The van der Waals surface area contributed by atoms with Crippen LogP contribution >= 0.6 is 0 Å². The number of imidazole rings is 2. The second-order valence-electron chi connectivity index (χ2n) is 15.6. The Bertz CT molecular complexity index is 3380. The number of rotatable bonds is 7. The topological polar surface area (TPSA) is 27.2 Å². The predicted octanol–water partition coefficient (Wildman–Crippen LogP) is 10.6. The predicted molar refractivity (Wildman–Crippen MR) is 253 cm³/mol. The lowest BCUT2D eigenvalue weighted by atomic mass is 10.0. The van der Waals surface area contributed by atoms with Gasteiger partial charge in [0.1, 0.15) is 0 Å². The summed E-state index contributed by atoms with van der Waals surface area (Å²) in [5.41, 5.74) is 11.1. The molecule has 0 radical (unpaired) electrons. The molecule has 9 aromatic carbocycles. The van der Waals surface area contributed by atoms with E-state index in [-0.39, 0.29) is 0 Å². The number of hydrogen-bond donors (Lipinski definition) is 0. The van der Waals surface area contributed by atoms with E-state index in [2.05, 4.69) is 244 Å². The minimum Gasteiger partial charge on any atom is -0.309 e. The van der Waals surface area contributed by atoms with Crippen molar-refractivity contribution in [2.75, 3.05) is 0 Å². The van der Waals surface area contributed by atoms with Crippen LogP contribution < -0.4 is 20.7 Å². The van der Waals surface area contributed by atoms with Gasteiger partial charge in [0.2, 0.25) is 5.78 Å². The van der Waals surface area contributed by atoms with E-state index < -0.39 is 8.07 Å². The van der Waals surface area contributed by atoms with Gasteiger partial charge in [0.15, 0.2) is 8.07 Å². The highest BCUT2D eigenvalue weighted by Gasteiger charge is 2.42. The number of benzene rings is 9. The standard InChI is InChI=1S/C55H38N4Si/c1-5-19-39(20-6-1)45-35-34-44(60(41-21-7-2-8-22-41,42-23-9-3-10-24-42)43-25-11-4-12-26-43)38-53(45)59-52-36-33-40(37-54(52)58-51-32-18-15-29-48(51)56-55(58)59)57-49-30-16-13-27-46(49)47-28-14-17-31-50(47)57/h1-38H. The van der Waals surface area contributed by atoms with Gasteiger partial charge in [-0.1, -0.05) is 182 Å². The molecule has 282 valence electrons. The summed E-state index contributed by atoms with van der Waals surface area (Å²) in [5.74, 6) is 0.881. The fourth-order valence-corrected chi connectivity index (χ4v) is 14.6. The summed E-state index contributed by atoms with van der Waals surface area (Å²) in [5, 5.41) is 7.81. The number of nitrogens with zero attached hydrogens (tertiary/aromatic N) is 4. The molecule has 12 aromatic rings. The Morgan fingerprint density at radius 2 is 0.867 bits per heavy atom. The molecular formula is C55H38N4Si. The fourth-order valence-electron chi connectivity index (χ4n) is 9.84. The van der Waals surface area contributed by atoms with E-state index >= 15 is 0 Å². The van der Waals surface area contributed by atoms with E-state index in [4.69, 9.17) is 4.98 Å². The van der Waals surface area contributed by atoms with Gasteiger partial charge >= 0.3 is 0 Å². The maximum Gasteiger partial charge on any atom is 0.220 e. The summed E-state index contributed by atoms with van der Waals surface area (Å²) in [4.78, 5) is 5.45. The molecule has 0 unspecified atom stereocenters. The maximum atomic E-state index is 5.45. The van der Waals surface area contributed by atoms with Crippen LogP contribution in [0.2, 0.25) is 0 Å². The molecule has 4 nitrogen and oxygen atoms in total. The quantitative estimate of drug-likeness (QED) is 0.117. The minimum atomic E-state index is -2.88. The van der Waals surface area contributed by atoms with Crippen LogP contribution in [0.4, 0.5) is 0 Å². The summed E-state index contributed by atoms with van der Waals surface area (Å²) in [7, 11) is -2.88. The lowest BCUT2D eigenvalue weighted by Gasteiger charge is -2.35. The molecule has 0 aliphatic heterocycles. The van der Waals surface area contributed by atoms with E-state index in [1.807, 2.05) is 0 Å². The Balaban J connectivity index is 1.21. The third-order valence-electron chi connectivity index (χ3n) is 12.4. The average molecular weight is 783 g/mol. The van der Waals surface area contributed by atoms with Crippen molar-refractivity contribution >= 4 is 78.5 Å². The summed E-state index contributed by atoms with van der Waals surface area (Å²) in [6, 6.07) is 84.5. The fraction of sp³-hybridized carbons (Fsp3) is 0. The molecule has 0 saturated heterocycles. The van der Waals surface area contributed by atoms with E-state index in [9.17, 15) is 0 Å². The van der Waals surface area contributed by atoms with Crippen LogP contribution in [0, 0.1) is 0 Å². The summed E-state index contributed by atoms with van der Waals surface area (Å²) < 4.78 is 7.18. The molecule has 3 aromatic heterocycles. The first-order valence-electron chi connectivity index (χ1n) is 20.6. The molecule has 12 rings (SSSR count). The highest BCUT2D eigenvalue weighted by atomic mass is 28.3. The molecular weight excluding hydrogens is 745 g/mol. The van der Waals surface area contributed by atoms with Crippen molar-refractivity contribution < 1.29 is 0 Å². The zero-order chi connectivity index (χ0) is 39.6. The normalized spacial score (nSPS) is 12.0. The first kappa shape index (κ1) is 34.3. The average Bonchev–Trinajstić information content (AvgIpc) is 3.97. The minimum absolute atomic E-state index is 0.881. The van der Waals surface area contributed by atoms with Gasteiger partial charge in [-0.25, -0.2) is 4.98 Å². The van der Waals surface area contributed by atoms with Crippen LogP contribution in [-0.2, 0) is 0 Å². The molecule has 0 aliphatic rings. The van der Waals surface area contributed by atoms with Crippen molar-refractivity contribution in [3.05, 3.63) is 231 Å². The van der Waals surface area contributed by atoms with Crippen molar-refractivity contribution in [3.63, 3.8) is 0 Å². The largest absolute Gasteiger partial charge is 0.309 e. The molecule has 5 heteroatoms.